The molecule has 2 aromatic rings. The summed E-state index contributed by atoms with van der Waals surface area (Å²) in [6, 6.07) is 11.7. The maximum atomic E-state index is 12.4. The Kier molecular flexibility index (Phi) is 6.86. The second kappa shape index (κ2) is 9.10. The van der Waals surface area contributed by atoms with Gasteiger partial charge in [0.1, 0.15) is 0 Å². The number of rotatable bonds is 6. The molecule has 0 spiro atoms. The summed E-state index contributed by atoms with van der Waals surface area (Å²) in [6.07, 6.45) is 0.850. The molecule has 0 bridgehead atoms. The third-order valence-corrected chi connectivity index (χ3v) is 3.83. The molecule has 0 aliphatic heterocycles. The number of halogens is 1. The molecule has 0 radical (unpaired) electrons. The van der Waals surface area contributed by atoms with Crippen LogP contribution in [0.3, 0.4) is 0 Å². The van der Waals surface area contributed by atoms with E-state index >= 15 is 0 Å². The van der Waals surface area contributed by atoms with Gasteiger partial charge in [-0.2, -0.15) is 0 Å². The molecule has 0 aliphatic carbocycles. The Labute approximate surface area is 158 Å². The average Bonchev–Trinajstić information content (AvgIpc) is 2.59. The summed E-state index contributed by atoms with van der Waals surface area (Å²) in [6.45, 7) is 2.59. The highest BCUT2D eigenvalue weighted by molar-refractivity contribution is 6.30. The molecule has 0 aromatic heterocycles. The Hall–Kier alpha value is -2.73. The predicted molar refractivity (Wildman–Crippen MR) is 107 cm³/mol. The fourth-order valence-corrected chi connectivity index (χ4v) is 2.57. The van der Waals surface area contributed by atoms with Crippen LogP contribution in [0.15, 0.2) is 42.5 Å². The Bertz CT molecular complexity index is 793. The second-order valence-corrected chi connectivity index (χ2v) is 6.41. The van der Waals surface area contributed by atoms with Gasteiger partial charge < -0.3 is 20.9 Å². The van der Waals surface area contributed by atoms with Crippen LogP contribution in [0, 0.1) is 0 Å². The van der Waals surface area contributed by atoms with Crippen LogP contribution in [0.25, 0.3) is 0 Å². The number of carbonyl (C=O) groups is 2. The lowest BCUT2D eigenvalue weighted by Crippen LogP contribution is -2.27. The van der Waals surface area contributed by atoms with E-state index in [0.717, 1.165) is 12.1 Å². The standard InChI is InChI=1S/C19H23ClN4O2/c1-4-10-21-18(25)16-12-15(8-9-17(16)24(2)3)23-19(26)22-14-7-5-6-13(20)11-14/h5-9,11-12H,4,10H2,1-3H3,(H,21,25)(H2,22,23,26). The first-order valence-corrected chi connectivity index (χ1v) is 8.71. The average molecular weight is 375 g/mol. The number of hydrogen-bond donors (Lipinski definition) is 3. The Morgan fingerprint density at radius 2 is 1.73 bits per heavy atom. The van der Waals surface area contributed by atoms with Gasteiger partial charge >= 0.3 is 6.03 Å². The molecule has 0 unspecified atom stereocenters. The summed E-state index contributed by atoms with van der Waals surface area (Å²) < 4.78 is 0. The van der Waals surface area contributed by atoms with Gasteiger partial charge in [-0.05, 0) is 42.8 Å². The lowest BCUT2D eigenvalue weighted by Gasteiger charge is -2.18. The highest BCUT2D eigenvalue weighted by Crippen LogP contribution is 2.23. The van der Waals surface area contributed by atoms with Crippen LogP contribution < -0.4 is 20.9 Å². The Morgan fingerprint density at radius 1 is 1.04 bits per heavy atom. The van der Waals surface area contributed by atoms with Crippen LogP contribution in [0.1, 0.15) is 23.7 Å². The normalized spacial score (nSPS) is 10.2. The van der Waals surface area contributed by atoms with Crippen molar-refractivity contribution in [3.63, 3.8) is 0 Å². The minimum Gasteiger partial charge on any atom is -0.377 e. The van der Waals surface area contributed by atoms with Crippen molar-refractivity contribution in [1.82, 2.24) is 5.32 Å². The number of benzene rings is 2. The van der Waals surface area contributed by atoms with Crippen LogP contribution in [0.4, 0.5) is 21.9 Å². The van der Waals surface area contributed by atoms with Gasteiger partial charge in [-0.25, -0.2) is 4.79 Å². The van der Waals surface area contributed by atoms with E-state index < -0.39 is 6.03 Å². The lowest BCUT2D eigenvalue weighted by molar-refractivity contribution is 0.0954. The first kappa shape index (κ1) is 19.6. The first-order chi connectivity index (χ1) is 12.4. The summed E-state index contributed by atoms with van der Waals surface area (Å²) in [5.74, 6) is -0.172. The number of nitrogens with one attached hydrogen (secondary N) is 3. The van der Waals surface area contributed by atoms with Crippen LogP contribution in [0.5, 0.6) is 0 Å². The molecule has 2 rings (SSSR count). The molecule has 0 aliphatic rings. The van der Waals surface area contributed by atoms with E-state index in [-0.39, 0.29) is 5.91 Å². The number of carbonyl (C=O) groups excluding carboxylic acids is 2. The van der Waals surface area contributed by atoms with Crippen molar-refractivity contribution in [3.05, 3.63) is 53.1 Å². The molecular weight excluding hydrogens is 352 g/mol. The second-order valence-electron chi connectivity index (χ2n) is 5.97. The van der Waals surface area contributed by atoms with E-state index in [1.165, 1.54) is 0 Å². The predicted octanol–water partition coefficient (Wildman–Crippen LogP) is 4.19. The molecule has 0 atom stereocenters. The van der Waals surface area contributed by atoms with E-state index in [0.29, 0.717) is 28.5 Å². The zero-order chi connectivity index (χ0) is 19.1. The van der Waals surface area contributed by atoms with Crippen molar-refractivity contribution >= 4 is 40.6 Å². The maximum Gasteiger partial charge on any atom is 0.323 e. The van der Waals surface area contributed by atoms with Crippen molar-refractivity contribution < 1.29 is 9.59 Å². The number of anilines is 3. The third-order valence-electron chi connectivity index (χ3n) is 3.60. The van der Waals surface area contributed by atoms with Crippen molar-refractivity contribution in [2.75, 3.05) is 36.2 Å². The van der Waals surface area contributed by atoms with Crippen molar-refractivity contribution in [1.29, 1.82) is 0 Å². The van der Waals surface area contributed by atoms with Gasteiger partial charge in [0.15, 0.2) is 0 Å². The van der Waals surface area contributed by atoms with Gasteiger partial charge in [-0.15, -0.1) is 0 Å². The minimum atomic E-state index is -0.412. The third kappa shape index (κ3) is 5.39. The first-order valence-electron chi connectivity index (χ1n) is 8.34. The Balaban J connectivity index is 2.16. The zero-order valence-corrected chi connectivity index (χ0v) is 15.9. The maximum absolute atomic E-state index is 12.4. The SMILES string of the molecule is CCCNC(=O)c1cc(NC(=O)Nc2cccc(Cl)c2)ccc1N(C)C. The van der Waals surface area contributed by atoms with Crippen molar-refractivity contribution in [3.8, 4) is 0 Å². The van der Waals surface area contributed by atoms with Crippen molar-refractivity contribution in [2.24, 2.45) is 0 Å². The van der Waals surface area contributed by atoms with E-state index in [2.05, 4.69) is 16.0 Å². The summed E-state index contributed by atoms with van der Waals surface area (Å²) >= 11 is 5.91. The molecule has 2 aromatic carbocycles. The van der Waals surface area contributed by atoms with Crippen LogP contribution in [-0.4, -0.2) is 32.6 Å². The van der Waals surface area contributed by atoms with Gasteiger partial charge in [0, 0.05) is 42.7 Å². The number of nitrogens with zero attached hydrogens (tertiary/aromatic N) is 1. The molecule has 0 saturated carbocycles. The molecule has 0 fully saturated rings. The molecule has 138 valence electrons. The number of hydrogen-bond acceptors (Lipinski definition) is 3. The quantitative estimate of drug-likeness (QED) is 0.709. The summed E-state index contributed by atoms with van der Waals surface area (Å²) in [4.78, 5) is 26.5. The molecule has 0 saturated heterocycles. The molecule has 6 nitrogen and oxygen atoms in total. The van der Waals surface area contributed by atoms with E-state index in [9.17, 15) is 9.59 Å². The minimum absolute atomic E-state index is 0.172. The van der Waals surface area contributed by atoms with Crippen LogP contribution in [-0.2, 0) is 0 Å². The molecule has 26 heavy (non-hydrogen) atoms. The highest BCUT2D eigenvalue weighted by atomic mass is 35.5. The topological polar surface area (TPSA) is 73.5 Å². The highest BCUT2D eigenvalue weighted by Gasteiger charge is 2.14. The molecule has 7 heteroatoms. The van der Waals surface area contributed by atoms with Gasteiger partial charge in [0.2, 0.25) is 0 Å². The number of amides is 3. The zero-order valence-electron chi connectivity index (χ0n) is 15.1. The smallest absolute Gasteiger partial charge is 0.323 e. The van der Waals surface area contributed by atoms with Gasteiger partial charge in [-0.3, -0.25) is 4.79 Å². The largest absolute Gasteiger partial charge is 0.377 e. The molecular formula is C19H23ClN4O2. The number of urea groups is 1. The molecule has 3 amide bonds. The van der Waals surface area contributed by atoms with Crippen LogP contribution in [0.2, 0.25) is 5.02 Å². The van der Waals surface area contributed by atoms with E-state index in [1.54, 1.807) is 42.5 Å². The molecule has 3 N–H and O–H groups in total. The monoisotopic (exact) mass is 374 g/mol. The fraction of sp³-hybridized carbons (Fsp3) is 0.263. The summed E-state index contributed by atoms with van der Waals surface area (Å²) in [7, 11) is 3.73. The van der Waals surface area contributed by atoms with Crippen molar-refractivity contribution in [2.45, 2.75) is 13.3 Å². The summed E-state index contributed by atoms with van der Waals surface area (Å²) in [5.41, 5.74) is 2.39. The lowest BCUT2D eigenvalue weighted by atomic mass is 10.1. The van der Waals surface area contributed by atoms with E-state index in [1.807, 2.05) is 25.9 Å². The van der Waals surface area contributed by atoms with Gasteiger partial charge in [-0.1, -0.05) is 24.6 Å². The molecule has 0 heterocycles. The van der Waals surface area contributed by atoms with Gasteiger partial charge in [0.25, 0.3) is 5.91 Å². The van der Waals surface area contributed by atoms with Crippen LogP contribution >= 0.6 is 11.6 Å². The summed E-state index contributed by atoms with van der Waals surface area (Å²) in [5, 5.41) is 8.84. The van der Waals surface area contributed by atoms with Gasteiger partial charge in [0.05, 0.1) is 5.56 Å². The van der Waals surface area contributed by atoms with E-state index in [4.69, 9.17) is 11.6 Å². The Morgan fingerprint density at radius 3 is 2.35 bits per heavy atom. The fourth-order valence-electron chi connectivity index (χ4n) is 2.38.